The summed E-state index contributed by atoms with van der Waals surface area (Å²) in [6.45, 7) is 2.18. The lowest BCUT2D eigenvalue weighted by molar-refractivity contribution is -0.384. The number of ether oxygens (including phenoxy) is 1. The third-order valence-electron chi connectivity index (χ3n) is 5.99. The molecule has 1 heterocycles. The van der Waals surface area contributed by atoms with E-state index in [1.54, 1.807) is 0 Å². The number of rotatable bonds is 14. The van der Waals surface area contributed by atoms with E-state index in [9.17, 15) is 19.7 Å². The summed E-state index contributed by atoms with van der Waals surface area (Å²) in [5, 5.41) is 14.7. The van der Waals surface area contributed by atoms with E-state index in [-0.39, 0.29) is 23.8 Å². The highest BCUT2D eigenvalue weighted by molar-refractivity contribution is 5.88. The van der Waals surface area contributed by atoms with Crippen LogP contribution in [-0.2, 0) is 16.0 Å². The minimum absolute atomic E-state index is 0.0943. The maximum atomic E-state index is 13.0. The van der Waals surface area contributed by atoms with Gasteiger partial charge in [0.2, 0.25) is 5.91 Å². The monoisotopic (exact) mass is 479 g/mol. The molecule has 0 aliphatic rings. The number of nitro groups is 1. The zero-order chi connectivity index (χ0) is 25.0. The van der Waals surface area contributed by atoms with Crippen molar-refractivity contribution in [1.29, 1.82) is 0 Å². The first-order valence-corrected chi connectivity index (χ1v) is 12.3. The summed E-state index contributed by atoms with van der Waals surface area (Å²) in [6, 6.07) is 12.2. The number of hydrogen-bond donors (Lipinski definition) is 2. The van der Waals surface area contributed by atoms with Crippen molar-refractivity contribution in [3.05, 3.63) is 70.4 Å². The van der Waals surface area contributed by atoms with Gasteiger partial charge >= 0.3 is 5.97 Å². The number of nitrogens with one attached hydrogen (secondary N) is 2. The molecular weight excluding hydrogens is 446 g/mol. The Morgan fingerprint density at radius 2 is 1.69 bits per heavy atom. The number of benzene rings is 2. The van der Waals surface area contributed by atoms with Gasteiger partial charge in [-0.15, -0.1) is 0 Å². The summed E-state index contributed by atoms with van der Waals surface area (Å²) in [7, 11) is 0. The van der Waals surface area contributed by atoms with Gasteiger partial charge in [-0.3, -0.25) is 14.9 Å². The van der Waals surface area contributed by atoms with Crippen LogP contribution in [0.1, 0.15) is 63.9 Å². The SMILES string of the molecule is CCCCCCCCCC(=O)N[C@@H](Cc1c[nH]c2ccccc12)C(=O)Oc1ccc([N+](=O)[O-])cc1. The molecule has 186 valence electrons. The molecule has 0 radical (unpaired) electrons. The van der Waals surface area contributed by atoms with Crippen molar-refractivity contribution in [3.63, 3.8) is 0 Å². The maximum Gasteiger partial charge on any atom is 0.334 e. The Morgan fingerprint density at radius 1 is 1.00 bits per heavy atom. The number of unbranched alkanes of at least 4 members (excludes halogenated alkanes) is 6. The molecule has 8 nitrogen and oxygen atoms in total. The molecular formula is C27H33N3O5. The number of carbonyl (C=O) groups is 2. The van der Waals surface area contributed by atoms with Crippen LogP contribution in [0.3, 0.4) is 0 Å². The molecule has 1 amide bonds. The molecule has 0 fully saturated rings. The fraction of sp³-hybridized carbons (Fsp3) is 0.407. The normalized spacial score (nSPS) is 11.8. The topological polar surface area (TPSA) is 114 Å². The molecule has 3 aromatic rings. The Balaban J connectivity index is 1.63. The number of amides is 1. The van der Waals surface area contributed by atoms with Crippen LogP contribution in [0.2, 0.25) is 0 Å². The lowest BCUT2D eigenvalue weighted by Gasteiger charge is -2.17. The van der Waals surface area contributed by atoms with Crippen LogP contribution in [0.4, 0.5) is 5.69 Å². The van der Waals surface area contributed by atoms with Crippen molar-refractivity contribution < 1.29 is 19.2 Å². The molecule has 2 N–H and O–H groups in total. The van der Waals surface area contributed by atoms with Crippen LogP contribution in [0.25, 0.3) is 10.9 Å². The molecule has 0 bridgehead atoms. The van der Waals surface area contributed by atoms with Crippen molar-refractivity contribution >= 4 is 28.5 Å². The fourth-order valence-electron chi connectivity index (χ4n) is 4.05. The highest BCUT2D eigenvalue weighted by atomic mass is 16.6. The minimum Gasteiger partial charge on any atom is -0.425 e. The maximum absolute atomic E-state index is 13.0. The molecule has 3 rings (SSSR count). The number of nitro benzene ring substituents is 1. The smallest absolute Gasteiger partial charge is 0.334 e. The van der Waals surface area contributed by atoms with Crippen LogP contribution in [0.15, 0.2) is 54.7 Å². The fourth-order valence-corrected chi connectivity index (χ4v) is 4.05. The van der Waals surface area contributed by atoms with E-state index in [2.05, 4.69) is 17.2 Å². The first-order valence-electron chi connectivity index (χ1n) is 12.3. The standard InChI is InChI=1S/C27H33N3O5/c1-2-3-4-5-6-7-8-13-26(31)29-25(18-20-19-28-24-12-10-9-11-23(20)24)27(32)35-22-16-14-21(15-17-22)30(33)34/h9-12,14-17,19,25,28H,2-8,13,18H2,1H3,(H,29,31)/t25-/m0/s1. The zero-order valence-corrected chi connectivity index (χ0v) is 20.1. The largest absolute Gasteiger partial charge is 0.425 e. The van der Waals surface area contributed by atoms with E-state index in [1.165, 1.54) is 49.9 Å². The van der Waals surface area contributed by atoms with Crippen molar-refractivity contribution in [3.8, 4) is 5.75 Å². The van der Waals surface area contributed by atoms with Gasteiger partial charge < -0.3 is 15.0 Å². The highest BCUT2D eigenvalue weighted by Gasteiger charge is 2.25. The Kier molecular flexibility index (Phi) is 9.83. The number of carbonyl (C=O) groups excluding carboxylic acids is 2. The molecule has 35 heavy (non-hydrogen) atoms. The van der Waals surface area contributed by atoms with Gasteiger partial charge in [0, 0.05) is 42.1 Å². The van der Waals surface area contributed by atoms with Crippen LogP contribution < -0.4 is 10.1 Å². The van der Waals surface area contributed by atoms with Crippen molar-refractivity contribution in [2.45, 2.75) is 70.8 Å². The van der Waals surface area contributed by atoms with Crippen molar-refractivity contribution in [2.24, 2.45) is 0 Å². The molecule has 1 atom stereocenters. The lowest BCUT2D eigenvalue weighted by atomic mass is 10.0. The Morgan fingerprint density at radius 3 is 2.40 bits per heavy atom. The van der Waals surface area contributed by atoms with Gasteiger partial charge in [0.05, 0.1) is 4.92 Å². The molecule has 0 aliphatic heterocycles. The lowest BCUT2D eigenvalue weighted by Crippen LogP contribution is -2.44. The molecule has 1 aromatic heterocycles. The van der Waals surface area contributed by atoms with Crippen molar-refractivity contribution in [1.82, 2.24) is 10.3 Å². The van der Waals surface area contributed by atoms with Gasteiger partial charge in [-0.2, -0.15) is 0 Å². The Labute approximate surface area is 205 Å². The molecule has 0 saturated carbocycles. The summed E-state index contributed by atoms with van der Waals surface area (Å²) in [6.07, 6.45) is 10.2. The third kappa shape index (κ3) is 7.95. The highest BCUT2D eigenvalue weighted by Crippen LogP contribution is 2.21. The summed E-state index contributed by atoms with van der Waals surface area (Å²) >= 11 is 0. The number of esters is 1. The van der Waals surface area contributed by atoms with Crippen LogP contribution in [0, 0.1) is 10.1 Å². The number of nitrogens with zero attached hydrogens (tertiary/aromatic N) is 1. The molecule has 2 aromatic carbocycles. The predicted molar refractivity (Wildman–Crippen MR) is 135 cm³/mol. The number of aromatic nitrogens is 1. The second-order valence-electron chi connectivity index (χ2n) is 8.73. The summed E-state index contributed by atoms with van der Waals surface area (Å²) in [5.74, 6) is -0.619. The van der Waals surface area contributed by atoms with E-state index >= 15 is 0 Å². The summed E-state index contributed by atoms with van der Waals surface area (Å²) < 4.78 is 5.47. The minimum atomic E-state index is -0.888. The third-order valence-corrected chi connectivity index (χ3v) is 5.99. The predicted octanol–water partition coefficient (Wildman–Crippen LogP) is 5.85. The number of para-hydroxylation sites is 1. The van der Waals surface area contributed by atoms with E-state index in [0.29, 0.717) is 6.42 Å². The van der Waals surface area contributed by atoms with Gasteiger partial charge in [-0.25, -0.2) is 4.79 Å². The quantitative estimate of drug-likeness (QED) is 0.0989. The number of fused-ring (bicyclic) bond motifs is 1. The zero-order valence-electron chi connectivity index (χ0n) is 20.1. The molecule has 0 spiro atoms. The van der Waals surface area contributed by atoms with Gasteiger partial charge in [0.25, 0.3) is 5.69 Å². The van der Waals surface area contributed by atoms with Crippen molar-refractivity contribution in [2.75, 3.05) is 0 Å². The summed E-state index contributed by atoms with van der Waals surface area (Å²) in [4.78, 5) is 39.2. The Bertz CT molecular complexity index is 1120. The number of aromatic amines is 1. The van der Waals surface area contributed by atoms with E-state index in [0.717, 1.165) is 35.7 Å². The van der Waals surface area contributed by atoms with Crippen LogP contribution in [0.5, 0.6) is 5.75 Å². The van der Waals surface area contributed by atoms with Gasteiger partial charge in [0.1, 0.15) is 11.8 Å². The van der Waals surface area contributed by atoms with Crippen LogP contribution in [-0.4, -0.2) is 27.8 Å². The van der Waals surface area contributed by atoms with E-state index in [4.69, 9.17) is 4.74 Å². The molecule has 0 saturated heterocycles. The average molecular weight is 480 g/mol. The molecule has 0 aliphatic carbocycles. The van der Waals surface area contributed by atoms with Gasteiger partial charge in [-0.1, -0.05) is 63.6 Å². The number of hydrogen-bond acceptors (Lipinski definition) is 5. The van der Waals surface area contributed by atoms with E-state index < -0.39 is 16.9 Å². The number of non-ortho nitro benzene ring substituents is 1. The second kappa shape index (κ2) is 13.3. The van der Waals surface area contributed by atoms with Gasteiger partial charge in [-0.05, 0) is 30.2 Å². The first kappa shape index (κ1) is 25.9. The van der Waals surface area contributed by atoms with E-state index in [1.807, 2.05) is 30.5 Å². The Hall–Kier alpha value is -3.68. The molecule has 0 unspecified atom stereocenters. The second-order valence-corrected chi connectivity index (χ2v) is 8.73. The summed E-state index contributed by atoms with van der Waals surface area (Å²) in [5.41, 5.74) is 1.74. The first-order chi connectivity index (χ1) is 17.0. The number of H-pyrrole nitrogens is 1. The average Bonchev–Trinajstić information content (AvgIpc) is 3.26. The molecule has 8 heteroatoms. The van der Waals surface area contributed by atoms with Gasteiger partial charge in [0.15, 0.2) is 0 Å². The van der Waals surface area contributed by atoms with Crippen LogP contribution >= 0.6 is 0 Å².